The summed E-state index contributed by atoms with van der Waals surface area (Å²) in [5, 5.41) is 45.8. The molecule has 0 atom stereocenters. The number of nitrogens with one attached hydrogen (secondary N) is 3. The van der Waals surface area contributed by atoms with E-state index >= 15 is 0 Å². The van der Waals surface area contributed by atoms with Gasteiger partial charge in [-0.1, -0.05) is 141 Å². The summed E-state index contributed by atoms with van der Waals surface area (Å²) in [6, 6.07) is 76.4. The van der Waals surface area contributed by atoms with Gasteiger partial charge in [-0.3, -0.25) is 19.2 Å². The first-order chi connectivity index (χ1) is 68.2. The van der Waals surface area contributed by atoms with Crippen LogP contribution in [0.1, 0.15) is 74.0 Å². The van der Waals surface area contributed by atoms with Gasteiger partial charge in [0.1, 0.15) is 79.5 Å². The molecule has 0 saturated carbocycles. The predicted octanol–water partition coefficient (Wildman–Crippen LogP) is 16.7. The van der Waals surface area contributed by atoms with Crippen molar-refractivity contribution in [2.45, 2.75) is 46.7 Å². The summed E-state index contributed by atoms with van der Waals surface area (Å²) in [4.78, 5) is 85.4. The Morgan fingerprint density at radius 1 is 0.336 bits per heavy atom. The third kappa shape index (κ3) is 20.9. The van der Waals surface area contributed by atoms with Crippen molar-refractivity contribution in [3.63, 3.8) is 0 Å². The molecule has 19 rings (SSSR count). The van der Waals surface area contributed by atoms with E-state index < -0.39 is 29.6 Å². The fourth-order valence-electron chi connectivity index (χ4n) is 16.7. The maximum Gasteiger partial charge on any atom is 0.382 e. The third-order valence-corrected chi connectivity index (χ3v) is 23.7. The maximum absolute atomic E-state index is 14.3. The second-order valence-corrected chi connectivity index (χ2v) is 31.9. The average Bonchev–Trinajstić information content (AvgIpc) is 1.71. The maximum atomic E-state index is 14.3. The van der Waals surface area contributed by atoms with E-state index in [-0.39, 0.29) is 87.9 Å². The number of pyridine rings is 3. The highest BCUT2D eigenvalue weighted by atomic mass is 16.7. The molecule has 1 aliphatic rings. The van der Waals surface area contributed by atoms with Crippen LogP contribution in [0.2, 0.25) is 0 Å². The largest absolute Gasteiger partial charge is 0.497 e. The van der Waals surface area contributed by atoms with E-state index in [0.717, 1.165) is 52.4 Å². The monoisotopic (exact) mass is 1890 g/mol. The minimum Gasteiger partial charge on any atom is -0.497 e. The number of quaternary nitrogens is 1. The zero-order chi connectivity index (χ0) is 96.3. The van der Waals surface area contributed by atoms with E-state index in [1.165, 1.54) is 39.8 Å². The molecule has 4 amide bonds. The number of methoxy groups -OCH3 is 6. The van der Waals surface area contributed by atoms with Crippen molar-refractivity contribution in [1.82, 2.24) is 66.9 Å². The number of rotatable bonds is 36. The number of likely N-dealkylation sites (N-methyl/N-ethyl adjacent to an activating group) is 2. The van der Waals surface area contributed by atoms with Gasteiger partial charge in [0.25, 0.3) is 23.6 Å². The van der Waals surface area contributed by atoms with Crippen molar-refractivity contribution in [2.75, 3.05) is 109 Å². The van der Waals surface area contributed by atoms with Crippen molar-refractivity contribution in [3.8, 4) is 102 Å². The zero-order valence-electron chi connectivity index (χ0n) is 77.3. The van der Waals surface area contributed by atoms with Gasteiger partial charge in [-0.2, -0.15) is 0 Å². The summed E-state index contributed by atoms with van der Waals surface area (Å²) in [5.74, 6) is 0.805. The molecular weight excluding hydrogens is 1790 g/mol. The molecule has 33 heteroatoms. The van der Waals surface area contributed by atoms with Gasteiger partial charge in [0, 0.05) is 65.9 Å². The SMILES string of the molecule is C.CNCCOCc1c2ccccc2c(COCC[NH2+]C)c2ccccc12.COc1ccc(-c2nc(C(=O)NCCOCc3c4ccccc4c(COCCNC(=O)c4nc(-c5ccc(OC)cc5)c5nonc5c4-c4ccc(OC)cc4)c4ccccc34)c(-c3ccc(OC)cc3)c3nonc23)cc1.COc1ccc(-c2nc(C(=O)ON3C(=O)CCC3=O)c(-c3ccc(OC)cc3)c3nonc23)cc1. The Kier molecular flexibility index (Phi) is 31.3. The molecule has 7 heterocycles. The third-order valence-electron chi connectivity index (χ3n) is 23.7. The Hall–Kier alpha value is -16.6. The highest BCUT2D eigenvalue weighted by Crippen LogP contribution is 2.43. The molecule has 0 radical (unpaired) electrons. The van der Waals surface area contributed by atoms with Gasteiger partial charge in [0.05, 0.1) is 109 Å². The number of nitrogens with two attached hydrogens (primary N) is 1. The lowest BCUT2D eigenvalue weighted by atomic mass is 9.92. The van der Waals surface area contributed by atoms with Crippen LogP contribution < -0.4 is 49.7 Å². The first kappa shape index (κ1) is 96.6. The summed E-state index contributed by atoms with van der Waals surface area (Å²) in [5.41, 5.74) is 13.0. The number of nitrogens with zero attached hydrogens (tertiary/aromatic N) is 10. The normalized spacial score (nSPS) is 11.8. The van der Waals surface area contributed by atoms with Gasteiger partial charge in [0.2, 0.25) is 0 Å². The van der Waals surface area contributed by atoms with Gasteiger partial charge >= 0.3 is 5.97 Å². The number of amides is 4. The minimum atomic E-state index is -1.00. The van der Waals surface area contributed by atoms with E-state index in [4.69, 9.17) is 76.1 Å². The summed E-state index contributed by atoms with van der Waals surface area (Å²) in [6.45, 7) is 5.85. The van der Waals surface area contributed by atoms with Gasteiger partial charge < -0.3 is 73.5 Å². The standard InChI is InChI=1S/C60H50N8O10.C24H18N4O7.C22H28N2O2.CH4/c1-71-39-21-13-35(14-22-39)49-53-57(67-77-65-53)51(37-17-25-41(73-3)26-18-37)63-55(49)59(69)61-29-31-75-33-47-43-9-5-7-11-45(43)48(46-12-8-6-10-44(46)47)34-76-32-30-62-60(70)56-50(36-15-23-40(72-2)24-16-36)54-58(68-78-66-54)52(64-56)38-19-27-42(74-4)28-20-38;1-32-15-7-3-13(4-8-15)19-21-23(27-35-26-21)20(14-5-9-16(33-2)10-6-14)25-22(19)24(31)34-28-17(29)11-12-18(28)30;1-23-11-13-25-15-21-17-7-3-5-9-19(17)22(16-26-14-12-24-2)20-10-6-4-8-18(20)21;/h5-28H,29-34H2,1-4H3,(H,61,69)(H,62,70);3-10H,11-12H2,1-2H3;3-10,23-24H,11-16H2,1-2H3;1H4/p+1. The lowest BCUT2D eigenvalue weighted by Gasteiger charge is -2.18. The Morgan fingerprint density at radius 3 is 0.857 bits per heavy atom. The number of aromatic nitrogens is 9. The van der Waals surface area contributed by atoms with Gasteiger partial charge in [-0.25, -0.2) is 33.6 Å². The molecule has 712 valence electrons. The molecule has 140 heavy (non-hydrogen) atoms. The second kappa shape index (κ2) is 45.4. The molecule has 0 spiro atoms. The fraction of sp³-hybridized carbons (Fsp3) is 0.215. The van der Waals surface area contributed by atoms with Gasteiger partial charge in [-0.05, 0) is 229 Å². The highest BCUT2D eigenvalue weighted by molar-refractivity contribution is 6.13. The molecule has 12 aromatic carbocycles. The summed E-state index contributed by atoms with van der Waals surface area (Å²) < 4.78 is 72.1. The summed E-state index contributed by atoms with van der Waals surface area (Å²) >= 11 is 0. The molecule has 0 unspecified atom stereocenters. The van der Waals surface area contributed by atoms with Crippen LogP contribution in [0.3, 0.4) is 0 Å². The van der Waals surface area contributed by atoms with Crippen molar-refractivity contribution in [2.24, 2.45) is 0 Å². The molecule has 1 fully saturated rings. The molecule has 0 aliphatic carbocycles. The average molecular weight is 1890 g/mol. The number of hydrogen-bond acceptors (Lipinski definition) is 29. The zero-order valence-corrected chi connectivity index (χ0v) is 77.3. The Balaban J connectivity index is 0.000000186. The molecule has 18 aromatic rings. The van der Waals surface area contributed by atoms with Crippen LogP contribution in [0.15, 0.2) is 257 Å². The first-order valence-corrected chi connectivity index (χ1v) is 44.8. The summed E-state index contributed by atoms with van der Waals surface area (Å²) in [6.07, 6.45) is -0.0670. The van der Waals surface area contributed by atoms with Crippen LogP contribution in [0.25, 0.3) is 143 Å². The topological polar surface area (TPSA) is 398 Å². The summed E-state index contributed by atoms with van der Waals surface area (Å²) in [7, 11) is 13.5. The molecule has 0 bridgehead atoms. The van der Waals surface area contributed by atoms with Crippen molar-refractivity contribution < 1.29 is 95.4 Å². The number of hydrogen-bond donors (Lipinski definition) is 4. The molecule has 33 nitrogen and oxygen atoms in total. The molecule has 1 saturated heterocycles. The van der Waals surface area contributed by atoms with E-state index in [2.05, 4.69) is 137 Å². The number of ether oxygens (including phenoxy) is 10. The van der Waals surface area contributed by atoms with Gasteiger partial charge in [0.15, 0.2) is 22.2 Å². The van der Waals surface area contributed by atoms with Gasteiger partial charge in [-0.15, -0.1) is 5.06 Å². The molecule has 6 aromatic heterocycles. The lowest BCUT2D eigenvalue weighted by molar-refractivity contribution is -0.628. The van der Waals surface area contributed by atoms with Crippen LogP contribution in [0.5, 0.6) is 34.5 Å². The molecular formula is C107H101N14O19+. The molecule has 5 N–H and O–H groups in total. The fourth-order valence-corrected chi connectivity index (χ4v) is 16.7. The van der Waals surface area contributed by atoms with Crippen LogP contribution in [-0.4, -0.2) is 190 Å². The Morgan fingerprint density at radius 2 is 0.586 bits per heavy atom. The predicted molar refractivity (Wildman–Crippen MR) is 527 cm³/mol. The number of fused-ring (bicyclic) bond motifs is 7. The van der Waals surface area contributed by atoms with Crippen molar-refractivity contribution in [3.05, 3.63) is 282 Å². The van der Waals surface area contributed by atoms with Crippen LogP contribution in [0.4, 0.5) is 0 Å². The highest BCUT2D eigenvalue weighted by Gasteiger charge is 2.37. The van der Waals surface area contributed by atoms with E-state index in [1.54, 1.807) is 108 Å². The van der Waals surface area contributed by atoms with E-state index in [1.807, 2.05) is 104 Å². The van der Waals surface area contributed by atoms with E-state index in [9.17, 15) is 24.0 Å². The van der Waals surface area contributed by atoms with Crippen LogP contribution in [-0.2, 0) is 59.8 Å². The quantitative estimate of drug-likeness (QED) is 0.0161. The smallest absolute Gasteiger partial charge is 0.382 e. The first-order valence-electron chi connectivity index (χ1n) is 44.8. The number of carbonyl (C=O) groups is 5. The number of benzene rings is 12. The second-order valence-electron chi connectivity index (χ2n) is 31.9. The van der Waals surface area contributed by atoms with Crippen molar-refractivity contribution >= 4 is 106 Å². The van der Waals surface area contributed by atoms with E-state index in [0.29, 0.717) is 149 Å². The molecule has 1 aliphatic heterocycles. The number of imide groups is 1. The minimum absolute atomic E-state index is 0. The number of carbonyl (C=O) groups excluding carboxylic acids is 5. The van der Waals surface area contributed by atoms with Crippen LogP contribution >= 0.6 is 0 Å². The van der Waals surface area contributed by atoms with Crippen LogP contribution in [0, 0.1) is 0 Å². The van der Waals surface area contributed by atoms with Crippen molar-refractivity contribution in [1.29, 1.82) is 0 Å². The lowest BCUT2D eigenvalue weighted by Crippen LogP contribution is -2.80. The number of hydroxylamine groups is 2. The Labute approximate surface area is 803 Å². The Bertz CT molecular complexity index is 7020.